The first-order chi connectivity index (χ1) is 11.1. The van der Waals surface area contributed by atoms with Gasteiger partial charge in [-0.3, -0.25) is 0 Å². The lowest BCUT2D eigenvalue weighted by Gasteiger charge is -2.07. The molecule has 5 nitrogen and oxygen atoms in total. The molecule has 0 spiro atoms. The number of rotatable bonds is 6. The lowest BCUT2D eigenvalue weighted by atomic mass is 10.2. The quantitative estimate of drug-likeness (QED) is 0.355. The van der Waals surface area contributed by atoms with E-state index >= 15 is 0 Å². The molecule has 0 aliphatic heterocycles. The molecule has 0 unspecified atom stereocenters. The van der Waals surface area contributed by atoms with Crippen molar-refractivity contribution in [3.8, 4) is 11.5 Å². The molecule has 2 rings (SSSR count). The molecule has 6 heteroatoms. The third-order valence-corrected chi connectivity index (χ3v) is 2.71. The zero-order valence-corrected chi connectivity index (χ0v) is 12.0. The van der Waals surface area contributed by atoms with Gasteiger partial charge in [0.15, 0.2) is 0 Å². The van der Waals surface area contributed by atoms with Crippen LogP contribution in [0.15, 0.2) is 61.2 Å². The lowest BCUT2D eigenvalue weighted by Crippen LogP contribution is -2.09. The van der Waals surface area contributed by atoms with Gasteiger partial charge < -0.3 is 14.2 Å². The van der Waals surface area contributed by atoms with Crippen molar-refractivity contribution < 1.29 is 28.2 Å². The van der Waals surface area contributed by atoms with Crippen molar-refractivity contribution >= 4 is 11.9 Å². The van der Waals surface area contributed by atoms with Crippen LogP contribution in [-0.2, 0) is 9.53 Å². The monoisotopic (exact) mass is 316 g/mol. The highest BCUT2D eigenvalue weighted by Crippen LogP contribution is 2.16. The van der Waals surface area contributed by atoms with Crippen LogP contribution in [0.1, 0.15) is 10.4 Å². The van der Waals surface area contributed by atoms with E-state index in [2.05, 4.69) is 11.3 Å². The molecule has 0 aliphatic rings. The number of ether oxygens (including phenoxy) is 3. The maximum Gasteiger partial charge on any atom is 0.343 e. The summed E-state index contributed by atoms with van der Waals surface area (Å²) in [5.41, 5.74) is 0.296. The van der Waals surface area contributed by atoms with Gasteiger partial charge in [-0.2, -0.15) is 0 Å². The minimum absolute atomic E-state index is 0.244. The van der Waals surface area contributed by atoms with E-state index < -0.39 is 17.8 Å². The van der Waals surface area contributed by atoms with Crippen LogP contribution in [0.4, 0.5) is 4.39 Å². The van der Waals surface area contributed by atoms with E-state index in [0.717, 1.165) is 6.08 Å². The van der Waals surface area contributed by atoms with E-state index in [4.69, 9.17) is 9.47 Å². The van der Waals surface area contributed by atoms with Gasteiger partial charge in [0.1, 0.15) is 17.3 Å². The molecule has 0 N–H and O–H groups in total. The van der Waals surface area contributed by atoms with Crippen LogP contribution in [0, 0.1) is 5.82 Å². The summed E-state index contributed by atoms with van der Waals surface area (Å²) in [5, 5.41) is 0. The Labute approximate surface area is 131 Å². The Morgan fingerprint density at radius 2 is 1.61 bits per heavy atom. The van der Waals surface area contributed by atoms with E-state index in [1.807, 2.05) is 0 Å². The minimum atomic E-state index is -0.593. The highest BCUT2D eigenvalue weighted by Gasteiger charge is 2.09. The number of carbonyl (C=O) groups excluding carboxylic acids is 2. The van der Waals surface area contributed by atoms with Crippen LogP contribution >= 0.6 is 0 Å². The first-order valence-corrected chi connectivity index (χ1v) is 6.58. The number of esters is 2. The fourth-order valence-electron chi connectivity index (χ4n) is 1.57. The van der Waals surface area contributed by atoms with Gasteiger partial charge in [-0.05, 0) is 48.5 Å². The number of benzene rings is 2. The molecule has 0 saturated carbocycles. The number of halogens is 1. The maximum absolute atomic E-state index is 12.8. The Bertz CT molecular complexity index is 692. The predicted molar refractivity (Wildman–Crippen MR) is 79.6 cm³/mol. The van der Waals surface area contributed by atoms with Crippen molar-refractivity contribution in [1.29, 1.82) is 0 Å². The van der Waals surface area contributed by atoms with E-state index in [1.165, 1.54) is 48.5 Å². The molecule has 0 aliphatic carbocycles. The van der Waals surface area contributed by atoms with E-state index in [-0.39, 0.29) is 12.5 Å². The summed E-state index contributed by atoms with van der Waals surface area (Å²) in [7, 11) is 0. The Hall–Kier alpha value is -3.15. The van der Waals surface area contributed by atoms with Crippen LogP contribution in [0.2, 0.25) is 0 Å². The van der Waals surface area contributed by atoms with Crippen LogP contribution in [0.3, 0.4) is 0 Å². The zero-order chi connectivity index (χ0) is 16.7. The molecule has 118 valence electrons. The predicted octanol–water partition coefficient (Wildman–Crippen LogP) is 3.11. The maximum atomic E-state index is 12.8. The van der Waals surface area contributed by atoms with Crippen LogP contribution in [0.5, 0.6) is 11.5 Å². The van der Waals surface area contributed by atoms with Gasteiger partial charge in [0.25, 0.3) is 0 Å². The van der Waals surface area contributed by atoms with Crippen molar-refractivity contribution in [3.63, 3.8) is 0 Å². The van der Waals surface area contributed by atoms with Gasteiger partial charge in [-0.25, -0.2) is 14.0 Å². The van der Waals surface area contributed by atoms with Gasteiger partial charge in [0.2, 0.25) is 6.79 Å². The molecular formula is C17H13FO5. The summed E-state index contributed by atoms with van der Waals surface area (Å²) in [4.78, 5) is 22.8. The minimum Gasteiger partial charge on any atom is -0.457 e. The van der Waals surface area contributed by atoms with Crippen LogP contribution in [-0.4, -0.2) is 18.7 Å². The van der Waals surface area contributed by atoms with Crippen molar-refractivity contribution in [2.45, 2.75) is 0 Å². The van der Waals surface area contributed by atoms with Gasteiger partial charge in [-0.1, -0.05) is 6.58 Å². The molecule has 0 atom stereocenters. The smallest absolute Gasteiger partial charge is 0.343 e. The molecule has 0 radical (unpaired) electrons. The molecule has 2 aromatic rings. The largest absolute Gasteiger partial charge is 0.457 e. The first kappa shape index (κ1) is 16.2. The van der Waals surface area contributed by atoms with Gasteiger partial charge in [0, 0.05) is 6.08 Å². The summed E-state index contributed by atoms with van der Waals surface area (Å²) in [6.45, 7) is 2.99. The molecule has 0 fully saturated rings. The molecular weight excluding hydrogens is 303 g/mol. The Balaban J connectivity index is 1.90. The molecule has 23 heavy (non-hydrogen) atoms. The molecule has 0 amide bonds. The number of carbonyl (C=O) groups is 2. The summed E-state index contributed by atoms with van der Waals surface area (Å²) in [5.74, 6) is -0.928. The second-order valence-electron chi connectivity index (χ2n) is 4.30. The van der Waals surface area contributed by atoms with E-state index in [0.29, 0.717) is 11.3 Å². The molecule has 0 bridgehead atoms. The Morgan fingerprint density at radius 1 is 1.00 bits per heavy atom. The number of hydrogen-bond acceptors (Lipinski definition) is 5. The van der Waals surface area contributed by atoms with Crippen molar-refractivity contribution in [2.24, 2.45) is 0 Å². The third kappa shape index (κ3) is 4.96. The third-order valence-electron chi connectivity index (χ3n) is 2.71. The van der Waals surface area contributed by atoms with Gasteiger partial charge in [-0.15, -0.1) is 0 Å². The molecule has 0 heterocycles. The van der Waals surface area contributed by atoms with Crippen molar-refractivity contribution in [2.75, 3.05) is 6.79 Å². The topological polar surface area (TPSA) is 61.8 Å². The van der Waals surface area contributed by atoms with E-state index in [1.54, 1.807) is 0 Å². The van der Waals surface area contributed by atoms with Gasteiger partial charge >= 0.3 is 11.9 Å². The highest BCUT2D eigenvalue weighted by atomic mass is 19.1. The second kappa shape index (κ2) is 7.74. The summed E-state index contributed by atoms with van der Waals surface area (Å²) < 4.78 is 27.7. The fraction of sp³-hybridized carbons (Fsp3) is 0.0588. The summed E-state index contributed by atoms with van der Waals surface area (Å²) >= 11 is 0. The average molecular weight is 316 g/mol. The summed E-state index contributed by atoms with van der Waals surface area (Å²) in [6.07, 6.45) is 1.03. The second-order valence-corrected chi connectivity index (χ2v) is 4.30. The van der Waals surface area contributed by atoms with E-state index in [9.17, 15) is 14.0 Å². The molecule has 2 aromatic carbocycles. The SMILES string of the molecule is C=CC(=O)OCOc1ccc(C(=O)Oc2ccc(F)cc2)cc1. The zero-order valence-electron chi connectivity index (χ0n) is 12.0. The summed E-state index contributed by atoms with van der Waals surface area (Å²) in [6, 6.07) is 11.2. The van der Waals surface area contributed by atoms with Crippen LogP contribution in [0.25, 0.3) is 0 Å². The Kier molecular flexibility index (Phi) is 5.46. The highest BCUT2D eigenvalue weighted by molar-refractivity contribution is 5.91. The fourth-order valence-corrected chi connectivity index (χ4v) is 1.57. The molecule has 0 saturated heterocycles. The average Bonchev–Trinajstić information content (AvgIpc) is 2.57. The molecule has 0 aromatic heterocycles. The van der Waals surface area contributed by atoms with Gasteiger partial charge in [0.05, 0.1) is 5.56 Å². The first-order valence-electron chi connectivity index (χ1n) is 6.58. The lowest BCUT2D eigenvalue weighted by molar-refractivity contribution is -0.144. The van der Waals surface area contributed by atoms with Crippen LogP contribution < -0.4 is 9.47 Å². The normalized spacial score (nSPS) is 9.78. The van der Waals surface area contributed by atoms with Crippen molar-refractivity contribution in [3.05, 3.63) is 72.6 Å². The number of hydrogen-bond donors (Lipinski definition) is 0. The standard InChI is InChI=1S/C17H13FO5/c1-2-16(19)22-11-21-14-7-3-12(4-8-14)17(20)23-15-9-5-13(18)6-10-15/h2-10H,1,11H2. The Morgan fingerprint density at radius 3 is 2.22 bits per heavy atom. The van der Waals surface area contributed by atoms with Crippen molar-refractivity contribution in [1.82, 2.24) is 0 Å².